The summed E-state index contributed by atoms with van der Waals surface area (Å²) in [5.41, 5.74) is 5.10. The highest BCUT2D eigenvalue weighted by molar-refractivity contribution is 6.39. The summed E-state index contributed by atoms with van der Waals surface area (Å²) in [6.45, 7) is 1.78. The number of aromatic nitrogens is 3. The van der Waals surface area contributed by atoms with E-state index in [-0.39, 0.29) is 11.0 Å². The minimum atomic E-state index is -0.931. The average Bonchev–Trinajstić information content (AvgIpc) is 3.56. The highest BCUT2D eigenvalue weighted by Crippen LogP contribution is 2.56. The summed E-state index contributed by atoms with van der Waals surface area (Å²) in [6.07, 6.45) is 7.69. The molecule has 0 unspecified atom stereocenters. The van der Waals surface area contributed by atoms with E-state index in [1.54, 1.807) is 16.8 Å². The molecule has 0 radical (unpaired) electrons. The van der Waals surface area contributed by atoms with Gasteiger partial charge in [0.2, 0.25) is 0 Å². The zero-order valence-corrected chi connectivity index (χ0v) is 22.4. The van der Waals surface area contributed by atoms with Gasteiger partial charge in [-0.05, 0) is 73.4 Å². The standard InChI is InChI=1S/C29H26Cl2N4O3/c1-34-22-13-17(28(36)37)7-8-19(22)27(32-34)35-11-9-29(10-12-35)14-18(15-29)23-25(33-38-26(23)16-5-6-16)24-20(30)3-2-4-21(24)31/h2-4,7-8,13-14,16H,5-6,9-12,15H2,1H3,(H,36,37). The molecule has 3 aliphatic rings. The predicted octanol–water partition coefficient (Wildman–Crippen LogP) is 7.18. The van der Waals surface area contributed by atoms with Gasteiger partial charge in [0.05, 0.1) is 21.1 Å². The van der Waals surface area contributed by atoms with Gasteiger partial charge in [-0.2, -0.15) is 5.10 Å². The number of halogens is 2. The van der Waals surface area contributed by atoms with Crippen LogP contribution in [-0.4, -0.2) is 39.1 Å². The summed E-state index contributed by atoms with van der Waals surface area (Å²) < 4.78 is 7.67. The number of aryl methyl sites for hydroxylation is 1. The van der Waals surface area contributed by atoms with E-state index in [9.17, 15) is 9.90 Å². The number of rotatable bonds is 5. The molecule has 7 nitrogen and oxygen atoms in total. The molecule has 7 rings (SSSR count). The zero-order valence-electron chi connectivity index (χ0n) is 20.9. The van der Waals surface area contributed by atoms with Gasteiger partial charge in [-0.1, -0.05) is 40.5 Å². The maximum Gasteiger partial charge on any atom is 0.335 e. The molecule has 2 aromatic carbocycles. The third-order valence-corrected chi connectivity index (χ3v) is 8.98. The summed E-state index contributed by atoms with van der Waals surface area (Å²) in [5.74, 6) is 1.38. The van der Waals surface area contributed by atoms with Crippen LogP contribution < -0.4 is 4.90 Å². The molecule has 1 spiro atoms. The summed E-state index contributed by atoms with van der Waals surface area (Å²) in [4.78, 5) is 13.7. The van der Waals surface area contributed by atoms with Gasteiger partial charge in [-0.15, -0.1) is 0 Å². The number of piperidine rings is 1. The molecule has 1 saturated heterocycles. The number of anilines is 1. The van der Waals surface area contributed by atoms with E-state index < -0.39 is 5.97 Å². The molecule has 1 N–H and O–H groups in total. The van der Waals surface area contributed by atoms with Crippen LogP contribution in [0.25, 0.3) is 27.7 Å². The third kappa shape index (κ3) is 3.75. The molecule has 0 atom stereocenters. The van der Waals surface area contributed by atoms with Crippen molar-refractivity contribution in [2.75, 3.05) is 18.0 Å². The first-order chi connectivity index (χ1) is 18.3. The van der Waals surface area contributed by atoms with Gasteiger partial charge < -0.3 is 14.5 Å². The maximum atomic E-state index is 11.4. The summed E-state index contributed by atoms with van der Waals surface area (Å²) >= 11 is 13.1. The van der Waals surface area contributed by atoms with Crippen LogP contribution >= 0.6 is 23.2 Å². The van der Waals surface area contributed by atoms with Gasteiger partial charge in [-0.25, -0.2) is 4.79 Å². The Morgan fingerprint density at radius 1 is 1.11 bits per heavy atom. The highest BCUT2D eigenvalue weighted by Gasteiger charge is 2.44. The van der Waals surface area contributed by atoms with E-state index in [1.807, 2.05) is 31.3 Å². The van der Waals surface area contributed by atoms with Crippen LogP contribution in [0.2, 0.25) is 10.0 Å². The lowest BCUT2D eigenvalue weighted by Gasteiger charge is -2.46. The van der Waals surface area contributed by atoms with Crippen LogP contribution in [0.3, 0.4) is 0 Å². The van der Waals surface area contributed by atoms with Crippen molar-refractivity contribution >= 4 is 51.5 Å². The second kappa shape index (κ2) is 8.61. The van der Waals surface area contributed by atoms with Crippen LogP contribution in [0.5, 0.6) is 0 Å². The Kier molecular flexibility index (Phi) is 5.39. The van der Waals surface area contributed by atoms with Gasteiger partial charge >= 0.3 is 5.97 Å². The fourth-order valence-electron chi connectivity index (χ4n) is 6.10. The fraction of sp³-hybridized carbons (Fsp3) is 0.345. The minimum Gasteiger partial charge on any atom is -0.478 e. The molecule has 38 heavy (non-hydrogen) atoms. The third-order valence-electron chi connectivity index (χ3n) is 8.35. The Morgan fingerprint density at radius 3 is 2.47 bits per heavy atom. The van der Waals surface area contributed by atoms with E-state index >= 15 is 0 Å². The number of nitrogens with zero attached hydrogens (tertiary/aromatic N) is 4. The Bertz CT molecular complexity index is 1620. The molecule has 4 aromatic rings. The van der Waals surface area contributed by atoms with Gasteiger partial charge in [-0.3, -0.25) is 4.68 Å². The Morgan fingerprint density at radius 2 is 1.82 bits per heavy atom. The van der Waals surface area contributed by atoms with Gasteiger partial charge in [0, 0.05) is 42.6 Å². The molecule has 1 saturated carbocycles. The minimum absolute atomic E-state index is 0.145. The number of benzene rings is 2. The van der Waals surface area contributed by atoms with Crippen molar-refractivity contribution in [3.05, 3.63) is 69.4 Å². The van der Waals surface area contributed by atoms with Crippen molar-refractivity contribution in [1.29, 1.82) is 0 Å². The number of hydrogen-bond donors (Lipinski definition) is 1. The first-order valence-corrected chi connectivity index (χ1v) is 13.7. The summed E-state index contributed by atoms with van der Waals surface area (Å²) in [5, 5.41) is 20.7. The first kappa shape index (κ1) is 23.8. The lowest BCUT2D eigenvalue weighted by Crippen LogP contribution is -2.42. The normalized spacial score (nSPS) is 18.6. The second-order valence-electron chi connectivity index (χ2n) is 10.8. The number of allylic oxidation sites excluding steroid dienone is 2. The van der Waals surface area contributed by atoms with Crippen LogP contribution in [-0.2, 0) is 7.05 Å². The monoisotopic (exact) mass is 548 g/mol. The lowest BCUT2D eigenvalue weighted by atomic mass is 9.63. The quantitative estimate of drug-likeness (QED) is 0.284. The van der Waals surface area contributed by atoms with Gasteiger partial charge in [0.15, 0.2) is 5.82 Å². The van der Waals surface area contributed by atoms with Crippen molar-refractivity contribution in [3.63, 3.8) is 0 Å². The molecule has 3 heterocycles. The van der Waals surface area contributed by atoms with Crippen LogP contribution in [0.15, 0.2) is 47.0 Å². The molecule has 1 aliphatic heterocycles. The summed E-state index contributed by atoms with van der Waals surface area (Å²) in [7, 11) is 1.86. The number of carbonyl (C=O) groups is 1. The smallest absolute Gasteiger partial charge is 0.335 e. The number of carboxylic acid groups (broad SMARTS) is 1. The van der Waals surface area contributed by atoms with E-state index in [0.717, 1.165) is 84.5 Å². The molecule has 0 bridgehead atoms. The highest BCUT2D eigenvalue weighted by atomic mass is 35.5. The van der Waals surface area contributed by atoms with Crippen LogP contribution in [0.1, 0.15) is 59.7 Å². The topological polar surface area (TPSA) is 84.4 Å². The second-order valence-corrected chi connectivity index (χ2v) is 11.6. The average molecular weight is 549 g/mol. The predicted molar refractivity (Wildman–Crippen MR) is 148 cm³/mol. The lowest BCUT2D eigenvalue weighted by molar-refractivity contribution is 0.0697. The van der Waals surface area contributed by atoms with E-state index in [1.165, 1.54) is 5.57 Å². The van der Waals surface area contributed by atoms with Crippen molar-refractivity contribution in [2.45, 2.75) is 38.0 Å². The molecule has 0 amide bonds. The molecule has 194 valence electrons. The number of hydrogen-bond acceptors (Lipinski definition) is 5. The van der Waals surface area contributed by atoms with Gasteiger partial charge in [0.25, 0.3) is 0 Å². The Hall–Kier alpha value is -3.29. The SMILES string of the molecule is Cn1nc(N2CCC3(C=C(c4c(-c5c(Cl)cccc5Cl)noc4C4CC4)C3)CC2)c2ccc(C(=O)O)cc21. The Labute approximate surface area is 229 Å². The number of aromatic carboxylic acids is 1. The molecule has 2 aliphatic carbocycles. The first-order valence-electron chi connectivity index (χ1n) is 12.9. The largest absolute Gasteiger partial charge is 0.478 e. The molecule has 9 heteroatoms. The summed E-state index contributed by atoms with van der Waals surface area (Å²) in [6, 6.07) is 10.8. The van der Waals surface area contributed by atoms with E-state index in [2.05, 4.69) is 16.1 Å². The van der Waals surface area contributed by atoms with Crippen LogP contribution in [0.4, 0.5) is 5.82 Å². The van der Waals surface area contributed by atoms with Crippen molar-refractivity contribution in [2.24, 2.45) is 12.5 Å². The van der Waals surface area contributed by atoms with E-state index in [4.69, 9.17) is 32.8 Å². The fourth-order valence-corrected chi connectivity index (χ4v) is 6.68. The zero-order chi connectivity index (χ0) is 26.2. The van der Waals surface area contributed by atoms with Gasteiger partial charge in [0.1, 0.15) is 11.5 Å². The maximum absolute atomic E-state index is 11.4. The number of fused-ring (bicyclic) bond motifs is 1. The molecule has 2 fully saturated rings. The molecule has 2 aromatic heterocycles. The van der Waals surface area contributed by atoms with E-state index in [0.29, 0.717) is 16.0 Å². The van der Waals surface area contributed by atoms with Crippen molar-refractivity contribution in [3.8, 4) is 11.3 Å². The molecular weight excluding hydrogens is 523 g/mol. The van der Waals surface area contributed by atoms with Crippen LogP contribution in [0, 0.1) is 5.41 Å². The number of carboxylic acids is 1. The van der Waals surface area contributed by atoms with Crippen molar-refractivity contribution < 1.29 is 14.4 Å². The Balaban J connectivity index is 1.16. The van der Waals surface area contributed by atoms with Crippen molar-refractivity contribution in [1.82, 2.24) is 14.9 Å². The molecular formula is C29H26Cl2N4O3.